The van der Waals surface area contributed by atoms with E-state index < -0.39 is 0 Å². The van der Waals surface area contributed by atoms with Crippen molar-refractivity contribution in [1.82, 2.24) is 10.2 Å². The van der Waals surface area contributed by atoms with Gasteiger partial charge in [-0.1, -0.05) is 12.1 Å². The SMILES string of the molecule is CC(Cc1ccc(F)cc1)NC1CCN(C)C(C)C1. The molecule has 0 spiro atoms. The molecule has 0 radical (unpaired) electrons. The third-order valence-corrected chi connectivity index (χ3v) is 4.18. The molecule has 2 rings (SSSR count). The van der Waals surface area contributed by atoms with Crippen molar-refractivity contribution in [3.63, 3.8) is 0 Å². The smallest absolute Gasteiger partial charge is 0.123 e. The fourth-order valence-corrected chi connectivity index (χ4v) is 2.88. The van der Waals surface area contributed by atoms with Gasteiger partial charge in [0.15, 0.2) is 0 Å². The summed E-state index contributed by atoms with van der Waals surface area (Å²) >= 11 is 0. The average Bonchev–Trinajstić information content (AvgIpc) is 2.37. The summed E-state index contributed by atoms with van der Waals surface area (Å²) in [5.74, 6) is -0.159. The maximum Gasteiger partial charge on any atom is 0.123 e. The first-order valence-corrected chi connectivity index (χ1v) is 7.25. The molecule has 0 saturated carbocycles. The number of hydrogen-bond acceptors (Lipinski definition) is 2. The summed E-state index contributed by atoms with van der Waals surface area (Å²) in [6.07, 6.45) is 3.39. The molecule has 0 bridgehead atoms. The van der Waals surface area contributed by atoms with Gasteiger partial charge in [-0.2, -0.15) is 0 Å². The van der Waals surface area contributed by atoms with E-state index in [1.54, 1.807) is 12.1 Å². The standard InChI is InChI=1S/C16H25FN2/c1-12(10-14-4-6-15(17)7-5-14)18-16-8-9-19(3)13(2)11-16/h4-7,12-13,16,18H,8-11H2,1-3H3. The third kappa shape index (κ3) is 4.29. The Hall–Kier alpha value is -0.930. The molecule has 1 aromatic rings. The van der Waals surface area contributed by atoms with Crippen LogP contribution < -0.4 is 5.32 Å². The van der Waals surface area contributed by atoms with Crippen LogP contribution in [0.3, 0.4) is 0 Å². The highest BCUT2D eigenvalue weighted by Crippen LogP contribution is 2.16. The Morgan fingerprint density at radius 3 is 2.68 bits per heavy atom. The lowest BCUT2D eigenvalue weighted by atomic mass is 9.97. The van der Waals surface area contributed by atoms with Crippen LogP contribution in [-0.2, 0) is 6.42 Å². The van der Waals surface area contributed by atoms with E-state index in [1.807, 2.05) is 12.1 Å². The van der Waals surface area contributed by atoms with E-state index in [0.29, 0.717) is 18.1 Å². The van der Waals surface area contributed by atoms with Gasteiger partial charge in [0, 0.05) is 18.1 Å². The predicted octanol–water partition coefficient (Wildman–Crippen LogP) is 2.83. The molecule has 0 aromatic heterocycles. The van der Waals surface area contributed by atoms with E-state index in [-0.39, 0.29) is 5.82 Å². The monoisotopic (exact) mass is 264 g/mol. The van der Waals surface area contributed by atoms with E-state index in [0.717, 1.165) is 6.42 Å². The fourth-order valence-electron chi connectivity index (χ4n) is 2.88. The van der Waals surface area contributed by atoms with Crippen LogP contribution >= 0.6 is 0 Å². The molecule has 1 aliphatic heterocycles. The van der Waals surface area contributed by atoms with Crippen molar-refractivity contribution >= 4 is 0 Å². The molecule has 2 nitrogen and oxygen atoms in total. The van der Waals surface area contributed by atoms with Crippen LogP contribution in [0, 0.1) is 5.82 Å². The van der Waals surface area contributed by atoms with Crippen molar-refractivity contribution in [1.29, 1.82) is 0 Å². The molecule has 3 atom stereocenters. The van der Waals surface area contributed by atoms with Crippen LogP contribution in [0.25, 0.3) is 0 Å². The van der Waals surface area contributed by atoms with Gasteiger partial charge in [-0.25, -0.2) is 4.39 Å². The first kappa shape index (κ1) is 14.5. The van der Waals surface area contributed by atoms with Crippen LogP contribution in [0.2, 0.25) is 0 Å². The van der Waals surface area contributed by atoms with Crippen LogP contribution in [0.5, 0.6) is 0 Å². The zero-order chi connectivity index (χ0) is 13.8. The maximum atomic E-state index is 12.9. The lowest BCUT2D eigenvalue weighted by Crippen LogP contribution is -2.48. The Labute approximate surface area is 116 Å². The molecule has 3 unspecified atom stereocenters. The van der Waals surface area contributed by atoms with E-state index in [1.165, 1.54) is 24.9 Å². The summed E-state index contributed by atoms with van der Waals surface area (Å²) in [5, 5.41) is 3.71. The molecular formula is C16H25FN2. The van der Waals surface area contributed by atoms with Crippen molar-refractivity contribution in [2.45, 2.75) is 51.2 Å². The Morgan fingerprint density at radius 2 is 2.05 bits per heavy atom. The number of piperidine rings is 1. The molecule has 1 N–H and O–H groups in total. The van der Waals surface area contributed by atoms with Gasteiger partial charge in [0.25, 0.3) is 0 Å². The summed E-state index contributed by atoms with van der Waals surface area (Å²) in [6.45, 7) is 5.67. The van der Waals surface area contributed by atoms with Crippen molar-refractivity contribution in [2.24, 2.45) is 0 Å². The maximum absolute atomic E-state index is 12.9. The van der Waals surface area contributed by atoms with Crippen LogP contribution in [0.15, 0.2) is 24.3 Å². The predicted molar refractivity (Wildman–Crippen MR) is 77.8 cm³/mol. The molecule has 106 valence electrons. The summed E-state index contributed by atoms with van der Waals surface area (Å²) in [6, 6.07) is 8.55. The van der Waals surface area contributed by atoms with Gasteiger partial charge < -0.3 is 10.2 Å². The molecule has 1 fully saturated rings. The van der Waals surface area contributed by atoms with Gasteiger partial charge in [-0.15, -0.1) is 0 Å². The Bertz CT molecular complexity index is 390. The van der Waals surface area contributed by atoms with E-state index in [2.05, 4.69) is 31.1 Å². The highest BCUT2D eigenvalue weighted by atomic mass is 19.1. The minimum atomic E-state index is -0.159. The molecule has 0 aliphatic carbocycles. The molecule has 1 heterocycles. The second-order valence-electron chi connectivity index (χ2n) is 5.95. The van der Waals surface area contributed by atoms with Crippen molar-refractivity contribution in [3.8, 4) is 0 Å². The van der Waals surface area contributed by atoms with Gasteiger partial charge >= 0.3 is 0 Å². The Kier molecular flexibility index (Phi) is 4.94. The number of nitrogens with zero attached hydrogens (tertiary/aromatic N) is 1. The number of rotatable bonds is 4. The summed E-state index contributed by atoms with van der Waals surface area (Å²) in [4.78, 5) is 2.42. The molecule has 19 heavy (non-hydrogen) atoms. The van der Waals surface area contributed by atoms with Gasteiger partial charge in [-0.05, 0) is 64.4 Å². The van der Waals surface area contributed by atoms with E-state index in [9.17, 15) is 4.39 Å². The van der Waals surface area contributed by atoms with Gasteiger partial charge in [-0.3, -0.25) is 0 Å². The minimum Gasteiger partial charge on any atom is -0.311 e. The van der Waals surface area contributed by atoms with Gasteiger partial charge in [0.05, 0.1) is 0 Å². The Morgan fingerprint density at radius 1 is 1.37 bits per heavy atom. The van der Waals surface area contributed by atoms with E-state index in [4.69, 9.17) is 0 Å². The van der Waals surface area contributed by atoms with Crippen molar-refractivity contribution in [2.75, 3.05) is 13.6 Å². The second-order valence-corrected chi connectivity index (χ2v) is 5.95. The molecule has 0 amide bonds. The zero-order valence-electron chi connectivity index (χ0n) is 12.2. The zero-order valence-corrected chi connectivity index (χ0v) is 12.2. The fraction of sp³-hybridized carbons (Fsp3) is 0.625. The van der Waals surface area contributed by atoms with Crippen molar-refractivity contribution in [3.05, 3.63) is 35.6 Å². The molecule has 3 heteroatoms. The van der Waals surface area contributed by atoms with Gasteiger partial charge in [0.2, 0.25) is 0 Å². The number of halogens is 1. The number of benzene rings is 1. The minimum absolute atomic E-state index is 0.159. The lowest BCUT2D eigenvalue weighted by Gasteiger charge is -2.36. The largest absolute Gasteiger partial charge is 0.311 e. The number of likely N-dealkylation sites (tertiary alicyclic amines) is 1. The van der Waals surface area contributed by atoms with E-state index >= 15 is 0 Å². The first-order valence-electron chi connectivity index (χ1n) is 7.25. The number of hydrogen-bond donors (Lipinski definition) is 1. The first-order chi connectivity index (χ1) is 9.04. The van der Waals surface area contributed by atoms with Crippen LogP contribution in [0.1, 0.15) is 32.3 Å². The van der Waals surface area contributed by atoms with Crippen LogP contribution in [-0.4, -0.2) is 36.6 Å². The quantitative estimate of drug-likeness (QED) is 0.899. The molecule has 1 saturated heterocycles. The summed E-state index contributed by atoms with van der Waals surface area (Å²) in [5.41, 5.74) is 1.20. The normalized spacial score (nSPS) is 26.3. The molecular weight excluding hydrogens is 239 g/mol. The average molecular weight is 264 g/mol. The summed E-state index contributed by atoms with van der Waals surface area (Å²) in [7, 11) is 2.20. The molecule has 1 aliphatic rings. The highest BCUT2D eigenvalue weighted by molar-refractivity contribution is 5.17. The lowest BCUT2D eigenvalue weighted by molar-refractivity contribution is 0.163. The summed E-state index contributed by atoms with van der Waals surface area (Å²) < 4.78 is 12.9. The number of nitrogens with one attached hydrogen (secondary N) is 1. The Balaban J connectivity index is 1.81. The van der Waals surface area contributed by atoms with Crippen molar-refractivity contribution < 1.29 is 4.39 Å². The third-order valence-electron chi connectivity index (χ3n) is 4.18. The highest BCUT2D eigenvalue weighted by Gasteiger charge is 2.23. The second kappa shape index (κ2) is 6.49. The van der Waals surface area contributed by atoms with Gasteiger partial charge in [0.1, 0.15) is 5.82 Å². The molecule has 1 aromatic carbocycles. The topological polar surface area (TPSA) is 15.3 Å². The van der Waals surface area contributed by atoms with Crippen LogP contribution in [0.4, 0.5) is 4.39 Å².